The Morgan fingerprint density at radius 1 is 1.23 bits per heavy atom. The van der Waals surface area contributed by atoms with Gasteiger partial charge in [0.15, 0.2) is 5.17 Å². The highest BCUT2D eigenvalue weighted by molar-refractivity contribution is 8.18. The van der Waals surface area contributed by atoms with Crippen LogP contribution in [0.2, 0.25) is 5.02 Å². The van der Waals surface area contributed by atoms with Crippen LogP contribution in [0.1, 0.15) is 12.5 Å². The van der Waals surface area contributed by atoms with Gasteiger partial charge in [-0.3, -0.25) is 4.79 Å². The van der Waals surface area contributed by atoms with Crippen LogP contribution in [0.3, 0.4) is 0 Å². The zero-order valence-electron chi connectivity index (χ0n) is 14.3. The van der Waals surface area contributed by atoms with Crippen molar-refractivity contribution >= 4 is 46.2 Å². The van der Waals surface area contributed by atoms with Crippen molar-refractivity contribution in [3.05, 3.63) is 58.0 Å². The fraction of sp³-hybridized carbons (Fsp3) is 0.158. The largest absolute Gasteiger partial charge is 0.495 e. The van der Waals surface area contributed by atoms with Crippen LogP contribution in [0.5, 0.6) is 11.5 Å². The lowest BCUT2D eigenvalue weighted by Crippen LogP contribution is -2.19. The summed E-state index contributed by atoms with van der Waals surface area (Å²) in [6.45, 7) is 2.55. The Morgan fingerprint density at radius 3 is 2.65 bits per heavy atom. The summed E-state index contributed by atoms with van der Waals surface area (Å²) in [5.41, 5.74) is 1.56. The summed E-state index contributed by atoms with van der Waals surface area (Å²) >= 11 is 7.41. The zero-order valence-corrected chi connectivity index (χ0v) is 15.9. The zero-order chi connectivity index (χ0) is 18.5. The third-order valence-corrected chi connectivity index (χ3v) is 4.71. The quantitative estimate of drug-likeness (QED) is 0.758. The number of amides is 1. The maximum absolute atomic E-state index is 12.2. The summed E-state index contributed by atoms with van der Waals surface area (Å²) in [4.78, 5) is 17.2. The number of carbonyl (C=O) groups excluding carboxylic acids is 1. The predicted octanol–water partition coefficient (Wildman–Crippen LogP) is 4.64. The second-order valence-electron chi connectivity index (χ2n) is 5.30. The second kappa shape index (κ2) is 8.29. The standard InChI is InChI=1S/C19H17ClN2O3S/c1-3-25-14-7-5-13(6-8-14)21-19-22-18(23)17(26-19)11-12-4-9-16(24-2)15(20)10-12/h4-11H,3H2,1-2H3,(H,21,22,23)/b17-11+. The number of amidine groups is 1. The van der Waals surface area contributed by atoms with E-state index in [0.717, 1.165) is 17.0 Å². The van der Waals surface area contributed by atoms with Gasteiger partial charge in [0, 0.05) is 0 Å². The molecule has 2 aromatic rings. The molecular formula is C19H17ClN2O3S. The number of ether oxygens (including phenoxy) is 2. The number of aliphatic imine (C=N–C) groups is 1. The summed E-state index contributed by atoms with van der Waals surface area (Å²) in [7, 11) is 1.56. The highest BCUT2D eigenvalue weighted by Crippen LogP contribution is 2.31. The van der Waals surface area contributed by atoms with E-state index in [4.69, 9.17) is 21.1 Å². The van der Waals surface area contributed by atoms with Crippen LogP contribution in [0.15, 0.2) is 52.4 Å². The maximum atomic E-state index is 12.2. The van der Waals surface area contributed by atoms with Gasteiger partial charge in [-0.15, -0.1) is 0 Å². The third kappa shape index (κ3) is 4.39. The van der Waals surface area contributed by atoms with E-state index in [0.29, 0.717) is 27.5 Å². The minimum atomic E-state index is -0.188. The van der Waals surface area contributed by atoms with Crippen LogP contribution in [-0.2, 0) is 4.79 Å². The Bertz CT molecular complexity index is 879. The number of thioether (sulfide) groups is 1. The molecule has 1 amide bonds. The molecule has 0 spiro atoms. The molecule has 1 aliphatic rings. The van der Waals surface area contributed by atoms with Crippen molar-refractivity contribution in [2.75, 3.05) is 13.7 Å². The van der Waals surface area contributed by atoms with Gasteiger partial charge in [0.2, 0.25) is 0 Å². The lowest BCUT2D eigenvalue weighted by atomic mass is 10.2. The summed E-state index contributed by atoms with van der Waals surface area (Å²) < 4.78 is 10.5. The monoisotopic (exact) mass is 388 g/mol. The molecule has 1 heterocycles. The molecule has 0 atom stereocenters. The molecule has 0 saturated carbocycles. The topological polar surface area (TPSA) is 59.9 Å². The number of halogens is 1. The smallest absolute Gasteiger partial charge is 0.264 e. The molecule has 5 nitrogen and oxygen atoms in total. The summed E-state index contributed by atoms with van der Waals surface area (Å²) in [5.74, 6) is 1.19. The summed E-state index contributed by atoms with van der Waals surface area (Å²) in [6.07, 6.45) is 1.77. The molecule has 26 heavy (non-hydrogen) atoms. The average molecular weight is 389 g/mol. The van der Waals surface area contributed by atoms with E-state index >= 15 is 0 Å². The molecule has 0 aromatic heterocycles. The Kier molecular flexibility index (Phi) is 5.85. The first-order valence-corrected chi connectivity index (χ1v) is 9.14. The number of methoxy groups -OCH3 is 1. The van der Waals surface area contributed by atoms with Crippen LogP contribution >= 0.6 is 23.4 Å². The molecule has 0 radical (unpaired) electrons. The highest BCUT2D eigenvalue weighted by Gasteiger charge is 2.23. The molecule has 1 N–H and O–H groups in total. The molecule has 1 saturated heterocycles. The van der Waals surface area contributed by atoms with Crippen LogP contribution in [-0.4, -0.2) is 24.8 Å². The number of carbonyl (C=O) groups is 1. The van der Waals surface area contributed by atoms with E-state index < -0.39 is 0 Å². The van der Waals surface area contributed by atoms with Crippen LogP contribution in [0.25, 0.3) is 6.08 Å². The van der Waals surface area contributed by atoms with Gasteiger partial charge in [-0.05, 0) is 66.7 Å². The number of rotatable bonds is 5. The van der Waals surface area contributed by atoms with Gasteiger partial charge in [-0.2, -0.15) is 0 Å². The molecule has 1 fully saturated rings. The van der Waals surface area contributed by atoms with Crippen molar-refractivity contribution in [2.45, 2.75) is 6.92 Å². The normalized spacial score (nSPS) is 16.8. The average Bonchev–Trinajstić information content (AvgIpc) is 2.96. The Hall–Kier alpha value is -2.44. The number of nitrogens with one attached hydrogen (secondary N) is 1. The Morgan fingerprint density at radius 2 is 2.00 bits per heavy atom. The molecule has 0 unspecified atom stereocenters. The number of nitrogens with zero attached hydrogens (tertiary/aromatic N) is 1. The van der Waals surface area contributed by atoms with Gasteiger partial charge in [-0.25, -0.2) is 4.99 Å². The number of hydrogen-bond donors (Lipinski definition) is 1. The van der Waals surface area contributed by atoms with E-state index in [1.807, 2.05) is 37.3 Å². The van der Waals surface area contributed by atoms with E-state index in [9.17, 15) is 4.79 Å². The van der Waals surface area contributed by atoms with Crippen molar-refractivity contribution in [1.29, 1.82) is 0 Å². The lowest BCUT2D eigenvalue weighted by molar-refractivity contribution is -0.115. The van der Waals surface area contributed by atoms with Gasteiger partial charge in [0.1, 0.15) is 11.5 Å². The minimum Gasteiger partial charge on any atom is -0.495 e. The van der Waals surface area contributed by atoms with Gasteiger partial charge in [0.25, 0.3) is 5.91 Å². The van der Waals surface area contributed by atoms with Gasteiger partial charge in [0.05, 0.1) is 29.3 Å². The number of benzene rings is 2. The first-order valence-electron chi connectivity index (χ1n) is 7.95. The first kappa shape index (κ1) is 18.4. The molecular weight excluding hydrogens is 372 g/mol. The Balaban J connectivity index is 1.76. The van der Waals surface area contributed by atoms with Gasteiger partial charge >= 0.3 is 0 Å². The van der Waals surface area contributed by atoms with Crippen LogP contribution in [0, 0.1) is 0 Å². The number of hydrogen-bond acceptors (Lipinski definition) is 5. The lowest BCUT2D eigenvalue weighted by Gasteiger charge is -2.03. The van der Waals surface area contributed by atoms with E-state index in [-0.39, 0.29) is 5.91 Å². The third-order valence-electron chi connectivity index (χ3n) is 3.50. The molecule has 1 aliphatic heterocycles. The van der Waals surface area contributed by atoms with Crippen molar-refractivity contribution in [1.82, 2.24) is 5.32 Å². The molecule has 134 valence electrons. The summed E-state index contributed by atoms with van der Waals surface area (Å²) in [6, 6.07) is 12.7. The molecule has 0 bridgehead atoms. The van der Waals surface area contributed by atoms with E-state index in [2.05, 4.69) is 10.3 Å². The van der Waals surface area contributed by atoms with Crippen molar-refractivity contribution < 1.29 is 14.3 Å². The van der Waals surface area contributed by atoms with Gasteiger partial charge in [-0.1, -0.05) is 17.7 Å². The summed E-state index contributed by atoms with van der Waals surface area (Å²) in [5, 5.41) is 3.79. The molecule has 0 aliphatic carbocycles. The predicted molar refractivity (Wildman–Crippen MR) is 106 cm³/mol. The van der Waals surface area contributed by atoms with Crippen LogP contribution < -0.4 is 14.8 Å². The maximum Gasteiger partial charge on any atom is 0.264 e. The van der Waals surface area contributed by atoms with Crippen molar-refractivity contribution in [3.63, 3.8) is 0 Å². The minimum absolute atomic E-state index is 0.188. The van der Waals surface area contributed by atoms with Gasteiger partial charge < -0.3 is 14.8 Å². The Labute approximate surface area is 161 Å². The second-order valence-corrected chi connectivity index (χ2v) is 6.74. The van der Waals surface area contributed by atoms with E-state index in [1.54, 1.807) is 25.3 Å². The molecule has 2 aromatic carbocycles. The van der Waals surface area contributed by atoms with Crippen LogP contribution in [0.4, 0.5) is 5.69 Å². The van der Waals surface area contributed by atoms with Crippen molar-refractivity contribution in [2.24, 2.45) is 4.99 Å². The fourth-order valence-corrected chi connectivity index (χ4v) is 3.41. The van der Waals surface area contributed by atoms with Crippen molar-refractivity contribution in [3.8, 4) is 11.5 Å². The highest BCUT2D eigenvalue weighted by atomic mass is 35.5. The molecule has 3 rings (SSSR count). The first-order chi connectivity index (χ1) is 12.6. The molecule has 7 heteroatoms. The van der Waals surface area contributed by atoms with E-state index in [1.165, 1.54) is 11.8 Å². The SMILES string of the molecule is CCOc1ccc(N=C2NC(=O)/C(=C\c3ccc(OC)c(Cl)c3)S2)cc1. The fourth-order valence-electron chi connectivity index (χ4n) is 2.31.